The number of carboxylic acid groups (broad SMARTS) is 1. The van der Waals surface area contributed by atoms with E-state index in [0.29, 0.717) is 18.4 Å². The maximum atomic E-state index is 11.2. The maximum Gasteiger partial charge on any atom is 0.490 e. The number of fused-ring (bicyclic) bond motifs is 1. The molecule has 2 N–H and O–H groups in total. The van der Waals surface area contributed by atoms with E-state index in [9.17, 15) is 21.6 Å². The van der Waals surface area contributed by atoms with E-state index >= 15 is 0 Å². The summed E-state index contributed by atoms with van der Waals surface area (Å²) in [4.78, 5) is 14.2. The van der Waals surface area contributed by atoms with E-state index in [2.05, 4.69) is 28.7 Å². The minimum atomic E-state index is -5.08. The molecule has 2 aliphatic heterocycles. The highest BCUT2D eigenvalue weighted by Crippen LogP contribution is 2.35. The largest absolute Gasteiger partial charge is 0.490 e. The molecule has 2 aliphatic rings. The van der Waals surface area contributed by atoms with Crippen LogP contribution in [0.1, 0.15) is 16.2 Å². The van der Waals surface area contributed by atoms with E-state index in [4.69, 9.17) is 14.6 Å². The molecule has 0 unspecified atom stereocenters. The molecular weight excluding hydrogens is 433 g/mol. The van der Waals surface area contributed by atoms with Crippen LogP contribution in [0.2, 0.25) is 0 Å². The molecule has 0 aromatic carbocycles. The molecule has 2 fully saturated rings. The lowest BCUT2D eigenvalue weighted by atomic mass is 9.84. The smallest absolute Gasteiger partial charge is 0.475 e. The molecule has 0 spiro atoms. The van der Waals surface area contributed by atoms with Crippen LogP contribution in [0.5, 0.6) is 0 Å². The number of carbonyl (C=O) groups is 1. The molecule has 3 rings (SSSR count). The first kappa shape index (κ1) is 24.1. The molecule has 7 nitrogen and oxygen atoms in total. The first-order valence-corrected chi connectivity index (χ1v) is 11.7. The predicted molar refractivity (Wildman–Crippen MR) is 102 cm³/mol. The fraction of sp³-hybridized carbons (Fsp3) is 0.706. The summed E-state index contributed by atoms with van der Waals surface area (Å²) < 4.78 is 62.6. The maximum absolute atomic E-state index is 11.2. The second-order valence-corrected chi connectivity index (χ2v) is 10.5. The Balaban J connectivity index is 0.000000370. The van der Waals surface area contributed by atoms with Gasteiger partial charge in [0.15, 0.2) is 0 Å². The number of aryl methyl sites for hydroxylation is 1. The molecule has 29 heavy (non-hydrogen) atoms. The fourth-order valence-corrected chi connectivity index (χ4v) is 4.94. The van der Waals surface area contributed by atoms with Crippen molar-refractivity contribution in [3.8, 4) is 0 Å². The third kappa shape index (κ3) is 7.85. The Kier molecular flexibility index (Phi) is 8.08. The van der Waals surface area contributed by atoms with E-state index < -0.39 is 22.2 Å². The first-order chi connectivity index (χ1) is 13.3. The minimum absolute atomic E-state index is 0.0332. The van der Waals surface area contributed by atoms with Crippen molar-refractivity contribution in [1.29, 1.82) is 0 Å². The Morgan fingerprint density at radius 1 is 1.41 bits per heavy atom. The highest BCUT2D eigenvalue weighted by molar-refractivity contribution is 7.88. The molecule has 0 saturated carbocycles. The highest BCUT2D eigenvalue weighted by atomic mass is 32.2. The third-order valence-corrected chi connectivity index (χ3v) is 6.52. The molecule has 1 aromatic heterocycles. The van der Waals surface area contributed by atoms with E-state index in [1.54, 1.807) is 0 Å². The lowest BCUT2D eigenvalue weighted by Gasteiger charge is -2.35. The number of piperidine rings is 1. The van der Waals surface area contributed by atoms with Crippen molar-refractivity contribution >= 4 is 27.3 Å². The molecule has 3 atom stereocenters. The molecule has 1 aromatic rings. The zero-order chi connectivity index (χ0) is 21.8. The molecule has 2 saturated heterocycles. The number of likely N-dealkylation sites (tertiary alicyclic amines) is 1. The standard InChI is InChI=1S/C15H24N2O3S2.C2HF3O2/c1-11-3-4-13(21-11)9-17-6-5-14-12(8-17)10-20-15(14)7-16-22(2,18)19;3-2(4,5)1(6)7/h3-4,12,14-16H,5-10H2,1-2H3;(H,6,7)/t12-,14-,15-;/m1./s1. The molecule has 0 aliphatic carbocycles. The fourth-order valence-electron chi connectivity index (χ4n) is 3.54. The normalized spacial score (nSPS) is 25.2. The van der Waals surface area contributed by atoms with E-state index in [1.165, 1.54) is 16.0 Å². The second-order valence-electron chi connectivity index (χ2n) is 7.26. The molecule has 0 radical (unpaired) electrons. The molecule has 12 heteroatoms. The van der Waals surface area contributed by atoms with Crippen molar-refractivity contribution in [3.05, 3.63) is 21.9 Å². The summed E-state index contributed by atoms with van der Waals surface area (Å²) in [6, 6.07) is 4.40. The van der Waals surface area contributed by atoms with Crippen LogP contribution in [0.4, 0.5) is 13.2 Å². The van der Waals surface area contributed by atoms with Crippen LogP contribution in [0.25, 0.3) is 0 Å². The number of alkyl halides is 3. The van der Waals surface area contributed by atoms with Crippen LogP contribution in [0, 0.1) is 18.8 Å². The Morgan fingerprint density at radius 3 is 2.59 bits per heavy atom. The van der Waals surface area contributed by atoms with Crippen molar-refractivity contribution in [3.63, 3.8) is 0 Å². The van der Waals surface area contributed by atoms with Crippen LogP contribution in [-0.4, -0.2) is 69.2 Å². The van der Waals surface area contributed by atoms with Crippen molar-refractivity contribution in [2.75, 3.05) is 32.5 Å². The van der Waals surface area contributed by atoms with E-state index in [0.717, 1.165) is 32.7 Å². The molecule has 0 amide bonds. The van der Waals surface area contributed by atoms with Crippen LogP contribution in [0.15, 0.2) is 12.1 Å². The van der Waals surface area contributed by atoms with Gasteiger partial charge in [-0.1, -0.05) is 0 Å². The number of hydrogen-bond acceptors (Lipinski definition) is 6. The van der Waals surface area contributed by atoms with Gasteiger partial charge in [-0.3, -0.25) is 4.90 Å². The Hall–Kier alpha value is -1.21. The average Bonchev–Trinajstić information content (AvgIpc) is 3.17. The number of aliphatic carboxylic acids is 1. The number of sulfonamides is 1. The van der Waals surface area contributed by atoms with Gasteiger partial charge < -0.3 is 9.84 Å². The summed E-state index contributed by atoms with van der Waals surface area (Å²) in [6.45, 7) is 6.44. The summed E-state index contributed by atoms with van der Waals surface area (Å²) in [5.41, 5.74) is 0. The zero-order valence-corrected chi connectivity index (χ0v) is 17.7. The topological polar surface area (TPSA) is 95.9 Å². The average molecular weight is 459 g/mol. The van der Waals surface area contributed by atoms with Crippen LogP contribution >= 0.6 is 11.3 Å². The van der Waals surface area contributed by atoms with Crippen LogP contribution < -0.4 is 4.72 Å². The molecule has 166 valence electrons. The van der Waals surface area contributed by atoms with Gasteiger partial charge in [0, 0.05) is 35.3 Å². The predicted octanol–water partition coefficient (Wildman–Crippen LogP) is 2.08. The summed E-state index contributed by atoms with van der Waals surface area (Å²) in [5, 5.41) is 7.12. The number of nitrogens with one attached hydrogen (secondary N) is 1. The van der Waals surface area contributed by atoms with E-state index in [1.807, 2.05) is 11.3 Å². The van der Waals surface area contributed by atoms with Crippen molar-refractivity contribution in [2.24, 2.45) is 11.8 Å². The molecular formula is C17H25F3N2O5S2. The molecule has 3 heterocycles. The van der Waals surface area contributed by atoms with E-state index in [-0.39, 0.29) is 6.10 Å². The lowest BCUT2D eigenvalue weighted by molar-refractivity contribution is -0.192. The number of halogens is 3. The zero-order valence-electron chi connectivity index (χ0n) is 16.1. The summed E-state index contributed by atoms with van der Waals surface area (Å²) in [7, 11) is -3.14. The monoisotopic (exact) mass is 458 g/mol. The summed E-state index contributed by atoms with van der Waals surface area (Å²) in [5.74, 6) is -1.75. The Morgan fingerprint density at radius 2 is 2.07 bits per heavy atom. The van der Waals surface area contributed by atoms with Gasteiger partial charge >= 0.3 is 12.1 Å². The van der Waals surface area contributed by atoms with Gasteiger partial charge in [0.25, 0.3) is 0 Å². The van der Waals surface area contributed by atoms with Gasteiger partial charge in [-0.25, -0.2) is 17.9 Å². The summed E-state index contributed by atoms with van der Waals surface area (Å²) in [6.07, 6.45) is -2.76. The van der Waals surface area contributed by atoms with Crippen molar-refractivity contribution < 1.29 is 36.2 Å². The lowest BCUT2D eigenvalue weighted by Crippen LogP contribution is -2.43. The number of ether oxygens (including phenoxy) is 1. The van der Waals surface area contributed by atoms with Crippen LogP contribution in [0.3, 0.4) is 0 Å². The number of nitrogens with zero attached hydrogens (tertiary/aromatic N) is 1. The number of hydrogen-bond donors (Lipinski definition) is 2. The number of thiophene rings is 1. The van der Waals surface area contributed by atoms with Crippen LogP contribution in [-0.2, 0) is 26.1 Å². The van der Waals surface area contributed by atoms with Gasteiger partial charge in [-0.15, -0.1) is 11.3 Å². The second kappa shape index (κ2) is 9.73. The number of carboxylic acids is 1. The minimum Gasteiger partial charge on any atom is -0.475 e. The highest BCUT2D eigenvalue weighted by Gasteiger charge is 2.41. The number of rotatable bonds is 5. The van der Waals surface area contributed by atoms with Crippen molar-refractivity contribution in [2.45, 2.75) is 32.2 Å². The SMILES string of the molecule is Cc1ccc(CN2CC[C@@H]3[C@@H](CO[C@@H]3CNS(C)(=O)=O)C2)s1.O=C(O)C(F)(F)F. The summed E-state index contributed by atoms with van der Waals surface area (Å²) >= 11 is 1.87. The van der Waals surface area contributed by atoms with Gasteiger partial charge in [0.1, 0.15) is 0 Å². The first-order valence-electron chi connectivity index (χ1n) is 8.99. The third-order valence-electron chi connectivity index (χ3n) is 4.84. The van der Waals surface area contributed by atoms with Crippen molar-refractivity contribution in [1.82, 2.24) is 9.62 Å². The quantitative estimate of drug-likeness (QED) is 0.702. The van der Waals surface area contributed by atoms with Gasteiger partial charge in [-0.2, -0.15) is 13.2 Å². The van der Waals surface area contributed by atoms with Gasteiger partial charge in [-0.05, 0) is 37.9 Å². The molecule has 0 bridgehead atoms. The van der Waals surface area contributed by atoms with Gasteiger partial charge in [0.05, 0.1) is 19.0 Å². The Bertz CT molecular complexity index is 797. The van der Waals surface area contributed by atoms with Gasteiger partial charge in [0.2, 0.25) is 10.0 Å². The Labute approximate surface area is 171 Å².